The first-order valence-corrected chi connectivity index (χ1v) is 8.78. The summed E-state index contributed by atoms with van der Waals surface area (Å²) in [6, 6.07) is 23.5. The van der Waals surface area contributed by atoms with Crippen LogP contribution < -0.4 is 4.57 Å². The lowest BCUT2D eigenvalue weighted by Gasteiger charge is -2.04. The summed E-state index contributed by atoms with van der Waals surface area (Å²) in [7, 11) is 2.10. The van der Waals surface area contributed by atoms with Crippen LogP contribution in [0, 0.1) is 0 Å². The van der Waals surface area contributed by atoms with Gasteiger partial charge in [-0.15, -0.1) is 11.3 Å². The number of thiazole rings is 1. The summed E-state index contributed by atoms with van der Waals surface area (Å²) in [4.78, 5) is 4.80. The van der Waals surface area contributed by atoms with Gasteiger partial charge in [-0.3, -0.25) is 0 Å². The predicted molar refractivity (Wildman–Crippen MR) is 101 cm³/mol. The van der Waals surface area contributed by atoms with Crippen molar-refractivity contribution in [2.45, 2.75) is 0 Å². The summed E-state index contributed by atoms with van der Waals surface area (Å²) < 4.78 is 3.43. The molecule has 0 radical (unpaired) electrons. The van der Waals surface area contributed by atoms with Crippen LogP contribution in [0.5, 0.6) is 0 Å². The van der Waals surface area contributed by atoms with E-state index in [4.69, 9.17) is 4.98 Å². The van der Waals surface area contributed by atoms with Gasteiger partial charge in [0.2, 0.25) is 5.52 Å². The van der Waals surface area contributed by atoms with Crippen LogP contribution in [0.4, 0.5) is 0 Å². The van der Waals surface area contributed by atoms with Crippen molar-refractivity contribution in [1.29, 1.82) is 0 Å². The third-order valence-electron chi connectivity index (χ3n) is 4.50. The van der Waals surface area contributed by atoms with E-state index in [0.717, 1.165) is 10.5 Å². The van der Waals surface area contributed by atoms with Crippen LogP contribution in [-0.4, -0.2) is 4.98 Å². The molecule has 0 amide bonds. The average molecular weight is 327 g/mol. The molecule has 0 saturated heterocycles. The van der Waals surface area contributed by atoms with E-state index in [9.17, 15) is 0 Å². The van der Waals surface area contributed by atoms with Crippen molar-refractivity contribution in [1.82, 2.24) is 4.98 Å². The lowest BCUT2D eigenvalue weighted by atomic mass is 10.0. The normalized spacial score (nSPS) is 11.5. The first-order valence-electron chi connectivity index (χ1n) is 7.97. The highest BCUT2D eigenvalue weighted by molar-refractivity contribution is 7.21. The Labute approximate surface area is 143 Å². The van der Waals surface area contributed by atoms with Crippen LogP contribution in [0.25, 0.3) is 42.5 Å². The summed E-state index contributed by atoms with van der Waals surface area (Å²) >= 11 is 1.75. The molecule has 0 unspecified atom stereocenters. The number of benzene rings is 3. The lowest BCUT2D eigenvalue weighted by Crippen LogP contribution is -2.28. The molecule has 5 rings (SSSR count). The second kappa shape index (κ2) is 5.11. The molecule has 0 aliphatic heterocycles. The number of nitrogens with zero attached hydrogens (tertiary/aromatic N) is 2. The van der Waals surface area contributed by atoms with Gasteiger partial charge in [-0.25, -0.2) is 9.55 Å². The number of hydrogen-bond donors (Lipinski definition) is 0. The van der Waals surface area contributed by atoms with Gasteiger partial charge in [-0.2, -0.15) is 0 Å². The number of hydrogen-bond acceptors (Lipinski definition) is 2. The van der Waals surface area contributed by atoms with Crippen LogP contribution in [0.1, 0.15) is 0 Å². The molecule has 2 aromatic heterocycles. The largest absolute Gasteiger partial charge is 0.236 e. The van der Waals surface area contributed by atoms with Crippen molar-refractivity contribution in [3.63, 3.8) is 0 Å². The number of aryl methyl sites for hydroxylation is 1. The molecule has 3 aromatic carbocycles. The zero-order chi connectivity index (χ0) is 16.1. The van der Waals surface area contributed by atoms with E-state index in [1.54, 1.807) is 11.3 Å². The summed E-state index contributed by atoms with van der Waals surface area (Å²) in [6.07, 6.45) is 2.19. The summed E-state index contributed by atoms with van der Waals surface area (Å²) in [5, 5.41) is 4.89. The van der Waals surface area contributed by atoms with E-state index in [1.807, 2.05) is 6.07 Å². The van der Waals surface area contributed by atoms with Gasteiger partial charge < -0.3 is 0 Å². The fraction of sp³-hybridized carbons (Fsp3) is 0.0476. The van der Waals surface area contributed by atoms with E-state index in [0.29, 0.717) is 0 Å². The molecule has 24 heavy (non-hydrogen) atoms. The van der Waals surface area contributed by atoms with Crippen LogP contribution >= 0.6 is 11.3 Å². The summed E-state index contributed by atoms with van der Waals surface area (Å²) in [5.74, 6) is 0. The number of fused-ring (bicyclic) bond motifs is 4. The van der Waals surface area contributed by atoms with Crippen LogP contribution in [0.3, 0.4) is 0 Å². The van der Waals surface area contributed by atoms with Crippen LogP contribution in [-0.2, 0) is 7.05 Å². The average Bonchev–Trinajstić information content (AvgIpc) is 3.06. The topological polar surface area (TPSA) is 16.8 Å². The van der Waals surface area contributed by atoms with E-state index in [1.165, 1.54) is 31.9 Å². The maximum absolute atomic E-state index is 4.80. The molecule has 0 aliphatic carbocycles. The van der Waals surface area contributed by atoms with Crippen molar-refractivity contribution < 1.29 is 4.57 Å². The Morgan fingerprint density at radius 3 is 2.62 bits per heavy atom. The molecule has 0 bridgehead atoms. The highest BCUT2D eigenvalue weighted by Gasteiger charge is 2.13. The van der Waals surface area contributed by atoms with Gasteiger partial charge in [0.1, 0.15) is 12.1 Å². The molecule has 0 aliphatic rings. The Morgan fingerprint density at radius 1 is 0.875 bits per heavy atom. The quantitative estimate of drug-likeness (QED) is 0.309. The van der Waals surface area contributed by atoms with Gasteiger partial charge >= 0.3 is 0 Å². The minimum atomic E-state index is 1.07. The first kappa shape index (κ1) is 13.6. The molecule has 2 nitrogen and oxygen atoms in total. The van der Waals surface area contributed by atoms with E-state index >= 15 is 0 Å². The monoisotopic (exact) mass is 327 g/mol. The maximum Gasteiger partial charge on any atom is 0.212 e. The van der Waals surface area contributed by atoms with Crippen molar-refractivity contribution in [2.24, 2.45) is 7.05 Å². The van der Waals surface area contributed by atoms with Crippen molar-refractivity contribution in [3.8, 4) is 10.6 Å². The van der Waals surface area contributed by atoms with Crippen LogP contribution in [0.2, 0.25) is 0 Å². The molecular weight excluding hydrogens is 312 g/mol. The van der Waals surface area contributed by atoms with Gasteiger partial charge in [-0.1, -0.05) is 30.3 Å². The minimum Gasteiger partial charge on any atom is -0.236 e. The van der Waals surface area contributed by atoms with E-state index in [-0.39, 0.29) is 0 Å². The maximum atomic E-state index is 4.80. The lowest BCUT2D eigenvalue weighted by molar-refractivity contribution is -0.643. The Morgan fingerprint density at radius 2 is 1.71 bits per heavy atom. The van der Waals surface area contributed by atoms with Gasteiger partial charge in [0, 0.05) is 22.4 Å². The van der Waals surface area contributed by atoms with Gasteiger partial charge in [0.25, 0.3) is 0 Å². The highest BCUT2D eigenvalue weighted by Crippen LogP contribution is 2.32. The van der Waals surface area contributed by atoms with Crippen molar-refractivity contribution in [2.75, 3.05) is 0 Å². The molecule has 5 aromatic rings. The Balaban J connectivity index is 1.82. The Bertz CT molecular complexity index is 1190. The van der Waals surface area contributed by atoms with Crippen molar-refractivity contribution in [3.05, 3.63) is 72.9 Å². The molecule has 3 heteroatoms. The fourth-order valence-electron chi connectivity index (χ4n) is 3.32. The van der Waals surface area contributed by atoms with E-state index < -0.39 is 0 Å². The van der Waals surface area contributed by atoms with Gasteiger partial charge in [0.15, 0.2) is 6.20 Å². The zero-order valence-electron chi connectivity index (χ0n) is 13.2. The number of pyridine rings is 1. The molecule has 0 atom stereocenters. The molecule has 0 N–H and O–H groups in total. The first-order chi connectivity index (χ1) is 11.8. The van der Waals surface area contributed by atoms with Gasteiger partial charge in [0.05, 0.1) is 15.6 Å². The predicted octanol–water partition coefficient (Wildman–Crippen LogP) is 5.09. The SMILES string of the molecule is C[n+]1cc2ccccc2c2cc(-c3nc4ccccc4s3)ccc21. The van der Waals surface area contributed by atoms with E-state index in [2.05, 4.69) is 78.5 Å². The number of para-hydroxylation sites is 1. The molecule has 0 fully saturated rings. The van der Waals surface area contributed by atoms with Crippen LogP contribution in [0.15, 0.2) is 72.9 Å². The smallest absolute Gasteiger partial charge is 0.212 e. The minimum absolute atomic E-state index is 1.07. The summed E-state index contributed by atoms with van der Waals surface area (Å²) in [5.41, 5.74) is 3.49. The second-order valence-electron chi connectivity index (χ2n) is 6.05. The third kappa shape index (κ3) is 2.02. The summed E-state index contributed by atoms with van der Waals surface area (Å²) in [6.45, 7) is 0. The Kier molecular flexibility index (Phi) is 2.91. The van der Waals surface area contributed by atoms with Gasteiger partial charge in [-0.05, 0) is 30.3 Å². The Hall–Kier alpha value is -2.78. The third-order valence-corrected chi connectivity index (χ3v) is 5.59. The molecule has 2 heterocycles. The fourth-order valence-corrected chi connectivity index (χ4v) is 4.28. The molecular formula is C21H15N2S+. The standard InChI is InChI=1S/C21H15N2S/c1-23-13-15-6-2-3-7-16(15)17-12-14(10-11-19(17)23)21-22-18-8-4-5-9-20(18)24-21/h2-13H,1H3/q+1. The molecule has 114 valence electrons. The number of aromatic nitrogens is 2. The van der Waals surface area contributed by atoms with Crippen molar-refractivity contribution >= 4 is 43.2 Å². The highest BCUT2D eigenvalue weighted by atomic mass is 32.1. The zero-order valence-corrected chi connectivity index (χ0v) is 14.0. The molecule has 0 saturated carbocycles. The second-order valence-corrected chi connectivity index (χ2v) is 7.08. The number of rotatable bonds is 1. The molecule has 0 spiro atoms.